The first-order valence-electron chi connectivity index (χ1n) is 7.56. The van der Waals surface area contributed by atoms with E-state index < -0.39 is 11.2 Å². The monoisotopic (exact) mass is 302 g/mol. The van der Waals surface area contributed by atoms with Gasteiger partial charge in [0.25, 0.3) is 0 Å². The maximum Gasteiger partial charge on any atom is 0.135 e. The van der Waals surface area contributed by atoms with Crippen molar-refractivity contribution in [1.29, 1.82) is 0 Å². The Morgan fingerprint density at radius 3 is 2.64 bits per heavy atom. The van der Waals surface area contributed by atoms with Crippen LogP contribution in [0.1, 0.15) is 45.1 Å². The van der Waals surface area contributed by atoms with Crippen LogP contribution < -0.4 is 4.74 Å². The number of ether oxygens (including phenoxy) is 1. The smallest absolute Gasteiger partial charge is 0.135 e. The zero-order chi connectivity index (χ0) is 16.1. The molecule has 3 unspecified atom stereocenters. The molecule has 4 heteroatoms. The van der Waals surface area contributed by atoms with Gasteiger partial charge in [-0.1, -0.05) is 25.1 Å². The standard InChI is InChI=1S/C18H22O4/c1-11-9-18(3,14-6-7-17(2,21)10-15(14)20)22-16-8-12(19)4-5-13(11)16/h4-8,11,19-21H,9-10H2,1-3H3. The van der Waals surface area contributed by atoms with Gasteiger partial charge in [0.2, 0.25) is 0 Å². The molecule has 3 N–H and O–H groups in total. The summed E-state index contributed by atoms with van der Waals surface area (Å²) in [6.07, 6.45) is 4.34. The van der Waals surface area contributed by atoms with Crippen LogP contribution in [0.5, 0.6) is 11.5 Å². The van der Waals surface area contributed by atoms with E-state index >= 15 is 0 Å². The lowest BCUT2D eigenvalue weighted by Crippen LogP contribution is -2.41. The molecular formula is C18H22O4. The van der Waals surface area contributed by atoms with Crippen molar-refractivity contribution in [2.24, 2.45) is 0 Å². The molecule has 1 aliphatic carbocycles. The van der Waals surface area contributed by atoms with Crippen molar-refractivity contribution < 1.29 is 20.1 Å². The lowest BCUT2D eigenvalue weighted by atomic mass is 9.77. The first kappa shape index (κ1) is 15.0. The van der Waals surface area contributed by atoms with Crippen LogP contribution in [-0.4, -0.2) is 26.5 Å². The fraction of sp³-hybridized carbons (Fsp3) is 0.444. The first-order valence-corrected chi connectivity index (χ1v) is 7.56. The second kappa shape index (κ2) is 4.78. The largest absolute Gasteiger partial charge is 0.512 e. The zero-order valence-corrected chi connectivity index (χ0v) is 13.1. The molecule has 1 aromatic rings. The van der Waals surface area contributed by atoms with Crippen molar-refractivity contribution in [3.05, 3.63) is 47.2 Å². The minimum absolute atomic E-state index is 0.158. The number of hydrogen-bond donors (Lipinski definition) is 3. The molecule has 0 radical (unpaired) electrons. The Morgan fingerprint density at radius 1 is 1.23 bits per heavy atom. The van der Waals surface area contributed by atoms with Gasteiger partial charge < -0.3 is 20.1 Å². The maximum atomic E-state index is 10.3. The summed E-state index contributed by atoms with van der Waals surface area (Å²) >= 11 is 0. The Kier molecular flexibility index (Phi) is 3.25. The van der Waals surface area contributed by atoms with Crippen molar-refractivity contribution in [3.63, 3.8) is 0 Å². The van der Waals surface area contributed by atoms with Crippen LogP contribution in [0.4, 0.5) is 0 Å². The number of fused-ring (bicyclic) bond motifs is 1. The number of phenolic OH excluding ortho intramolecular Hbond substituents is 1. The lowest BCUT2D eigenvalue weighted by Gasteiger charge is -2.41. The lowest BCUT2D eigenvalue weighted by molar-refractivity contribution is 0.0716. The molecular weight excluding hydrogens is 280 g/mol. The van der Waals surface area contributed by atoms with E-state index in [1.807, 2.05) is 13.0 Å². The summed E-state index contributed by atoms with van der Waals surface area (Å²) in [6, 6.07) is 5.16. The summed E-state index contributed by atoms with van der Waals surface area (Å²) < 4.78 is 6.14. The van der Waals surface area contributed by atoms with Gasteiger partial charge >= 0.3 is 0 Å². The molecule has 4 nitrogen and oxygen atoms in total. The highest BCUT2D eigenvalue weighted by molar-refractivity contribution is 5.47. The molecule has 3 rings (SSSR count). The molecule has 118 valence electrons. The zero-order valence-electron chi connectivity index (χ0n) is 13.1. The third-order valence-electron chi connectivity index (χ3n) is 4.57. The average Bonchev–Trinajstić information content (AvgIpc) is 2.35. The van der Waals surface area contributed by atoms with E-state index in [0.717, 1.165) is 12.0 Å². The number of benzene rings is 1. The van der Waals surface area contributed by atoms with Gasteiger partial charge in [0, 0.05) is 18.1 Å². The molecule has 3 atom stereocenters. The summed E-state index contributed by atoms with van der Waals surface area (Å²) in [4.78, 5) is 0. The third kappa shape index (κ3) is 2.48. The number of aliphatic hydroxyl groups excluding tert-OH is 1. The second-order valence-corrected chi connectivity index (χ2v) is 6.89. The summed E-state index contributed by atoms with van der Waals surface area (Å²) in [5.74, 6) is 1.21. The SMILES string of the molecule is CC1CC(C)(C2=C(O)CC(C)(O)C=C2)Oc2cc(O)ccc21. The topological polar surface area (TPSA) is 69.9 Å². The van der Waals surface area contributed by atoms with E-state index in [1.54, 1.807) is 31.2 Å². The van der Waals surface area contributed by atoms with Crippen molar-refractivity contribution in [2.45, 2.75) is 50.7 Å². The fourth-order valence-corrected chi connectivity index (χ4v) is 3.50. The van der Waals surface area contributed by atoms with Gasteiger partial charge in [0.15, 0.2) is 0 Å². The predicted molar refractivity (Wildman–Crippen MR) is 84.2 cm³/mol. The van der Waals surface area contributed by atoms with Gasteiger partial charge in [-0.05, 0) is 37.8 Å². The molecule has 2 aliphatic rings. The van der Waals surface area contributed by atoms with E-state index in [4.69, 9.17) is 4.74 Å². The molecule has 0 amide bonds. The number of aliphatic hydroxyl groups is 2. The minimum Gasteiger partial charge on any atom is -0.512 e. The molecule has 0 saturated carbocycles. The van der Waals surface area contributed by atoms with Crippen molar-refractivity contribution in [1.82, 2.24) is 0 Å². The van der Waals surface area contributed by atoms with Crippen LogP contribution in [0, 0.1) is 0 Å². The highest BCUT2D eigenvalue weighted by atomic mass is 16.5. The number of rotatable bonds is 1. The quantitative estimate of drug-likeness (QED) is 0.742. The summed E-state index contributed by atoms with van der Waals surface area (Å²) in [5, 5.41) is 30.1. The molecule has 0 aromatic heterocycles. The molecule has 0 fully saturated rings. The van der Waals surface area contributed by atoms with Crippen molar-refractivity contribution in [3.8, 4) is 11.5 Å². The highest BCUT2D eigenvalue weighted by Gasteiger charge is 2.41. The van der Waals surface area contributed by atoms with Crippen LogP contribution >= 0.6 is 0 Å². The van der Waals surface area contributed by atoms with Crippen molar-refractivity contribution >= 4 is 0 Å². The van der Waals surface area contributed by atoms with Gasteiger partial charge in [-0.25, -0.2) is 0 Å². The average molecular weight is 302 g/mol. The number of aromatic hydroxyl groups is 1. The van der Waals surface area contributed by atoms with Gasteiger partial charge in [0.05, 0.1) is 5.60 Å². The van der Waals surface area contributed by atoms with Crippen LogP contribution in [0.25, 0.3) is 0 Å². The molecule has 22 heavy (non-hydrogen) atoms. The summed E-state index contributed by atoms with van der Waals surface area (Å²) in [7, 11) is 0. The van der Waals surface area contributed by atoms with E-state index in [-0.39, 0.29) is 23.8 Å². The van der Waals surface area contributed by atoms with Gasteiger partial charge in [-0.3, -0.25) is 0 Å². The molecule has 0 bridgehead atoms. The number of phenols is 1. The molecule has 0 saturated heterocycles. The van der Waals surface area contributed by atoms with E-state index in [0.29, 0.717) is 11.3 Å². The van der Waals surface area contributed by atoms with Gasteiger partial charge in [-0.15, -0.1) is 0 Å². The van der Waals surface area contributed by atoms with E-state index in [1.165, 1.54) is 0 Å². The maximum absolute atomic E-state index is 10.3. The Hall–Kier alpha value is -1.94. The first-order chi connectivity index (χ1) is 10.2. The van der Waals surface area contributed by atoms with Crippen molar-refractivity contribution in [2.75, 3.05) is 0 Å². The van der Waals surface area contributed by atoms with Crippen LogP contribution in [0.15, 0.2) is 41.7 Å². The Labute approximate surface area is 130 Å². The molecule has 1 aromatic carbocycles. The molecule has 0 spiro atoms. The Bertz CT molecular complexity index is 672. The van der Waals surface area contributed by atoms with E-state index in [2.05, 4.69) is 6.92 Å². The van der Waals surface area contributed by atoms with Crippen LogP contribution in [0.2, 0.25) is 0 Å². The summed E-state index contributed by atoms with van der Waals surface area (Å²) in [5.41, 5.74) is 0.0412. The summed E-state index contributed by atoms with van der Waals surface area (Å²) in [6.45, 7) is 5.71. The Morgan fingerprint density at radius 2 is 1.95 bits per heavy atom. The number of hydrogen-bond acceptors (Lipinski definition) is 4. The van der Waals surface area contributed by atoms with E-state index in [9.17, 15) is 15.3 Å². The molecule has 1 heterocycles. The minimum atomic E-state index is -1.03. The highest BCUT2D eigenvalue weighted by Crippen LogP contribution is 2.46. The molecule has 1 aliphatic heterocycles. The second-order valence-electron chi connectivity index (χ2n) is 6.89. The predicted octanol–water partition coefficient (Wildman–Crippen LogP) is 3.56. The van der Waals surface area contributed by atoms with Crippen LogP contribution in [0.3, 0.4) is 0 Å². The Balaban J connectivity index is 2.00. The normalized spacial score (nSPS) is 34.3. The fourth-order valence-electron chi connectivity index (χ4n) is 3.50. The van der Waals surface area contributed by atoms with Gasteiger partial charge in [0.1, 0.15) is 22.9 Å². The third-order valence-corrected chi connectivity index (χ3v) is 4.57. The van der Waals surface area contributed by atoms with Crippen LogP contribution in [-0.2, 0) is 0 Å². The van der Waals surface area contributed by atoms with Gasteiger partial charge in [-0.2, -0.15) is 0 Å².